The summed E-state index contributed by atoms with van der Waals surface area (Å²) in [7, 11) is 0. The zero-order valence-electron chi connectivity index (χ0n) is 18.0. The highest BCUT2D eigenvalue weighted by molar-refractivity contribution is 8.26. The molecule has 2 aliphatic rings. The fraction of sp³-hybridized carbons (Fsp3) is 0. The fourth-order valence-corrected chi connectivity index (χ4v) is 9.38. The minimum atomic E-state index is -2.33. The van der Waals surface area contributed by atoms with Crippen molar-refractivity contribution in [1.29, 1.82) is 0 Å². The van der Waals surface area contributed by atoms with Gasteiger partial charge in [-0.2, -0.15) is 0 Å². The first-order chi connectivity index (χ1) is 16.7. The van der Waals surface area contributed by atoms with E-state index >= 15 is 0 Å². The number of pyridine rings is 1. The Morgan fingerprint density at radius 3 is 1.76 bits per heavy atom. The molecule has 0 spiro atoms. The molecule has 0 saturated heterocycles. The van der Waals surface area contributed by atoms with Gasteiger partial charge in [-0.1, -0.05) is 66.4 Å². The molecule has 2 aliphatic heterocycles. The van der Waals surface area contributed by atoms with E-state index in [9.17, 15) is 0 Å². The van der Waals surface area contributed by atoms with Crippen LogP contribution in [0.5, 0.6) is 23.0 Å². The SMILES string of the molecule is S=P12c3ccccc3Oc3cc(-c4ccccc4-c4ccccn4)cc(c31)Oc1ccccc12. The number of rotatable bonds is 2. The number of benzene rings is 4. The summed E-state index contributed by atoms with van der Waals surface area (Å²) in [6.07, 6.45) is 1.82. The van der Waals surface area contributed by atoms with E-state index in [0.717, 1.165) is 61.3 Å². The Bertz CT molecular complexity index is 1570. The van der Waals surface area contributed by atoms with E-state index in [-0.39, 0.29) is 0 Å². The predicted molar refractivity (Wildman–Crippen MR) is 141 cm³/mol. The molecule has 3 nitrogen and oxygen atoms in total. The summed E-state index contributed by atoms with van der Waals surface area (Å²) in [6, 6.07) is 32.5. The molecule has 0 unspecified atom stereocenters. The molecule has 0 N–H and O–H groups in total. The summed E-state index contributed by atoms with van der Waals surface area (Å²) in [6.45, 7) is 0. The van der Waals surface area contributed by atoms with Gasteiger partial charge in [0.1, 0.15) is 23.0 Å². The highest BCUT2D eigenvalue weighted by Crippen LogP contribution is 2.59. The Hall–Kier alpha value is -3.72. The van der Waals surface area contributed by atoms with E-state index in [4.69, 9.17) is 21.3 Å². The molecule has 0 radical (unpaired) electrons. The van der Waals surface area contributed by atoms with Crippen LogP contribution in [0.15, 0.2) is 109 Å². The molecule has 34 heavy (non-hydrogen) atoms. The maximum atomic E-state index is 6.56. The van der Waals surface area contributed by atoms with Crippen LogP contribution in [0, 0.1) is 0 Å². The van der Waals surface area contributed by atoms with E-state index < -0.39 is 6.04 Å². The summed E-state index contributed by atoms with van der Waals surface area (Å²) in [4.78, 5) is 4.59. The van der Waals surface area contributed by atoms with Gasteiger partial charge in [-0.05, 0) is 59.7 Å². The monoisotopic (exact) mass is 475 g/mol. The van der Waals surface area contributed by atoms with Gasteiger partial charge in [0.05, 0.1) is 17.0 Å². The molecule has 1 aromatic heterocycles. The van der Waals surface area contributed by atoms with Gasteiger partial charge in [-0.15, -0.1) is 0 Å². The smallest absolute Gasteiger partial charge is 0.140 e. The first-order valence-electron chi connectivity index (χ1n) is 11.1. The molecule has 5 heteroatoms. The average Bonchev–Trinajstić information content (AvgIpc) is 2.89. The summed E-state index contributed by atoms with van der Waals surface area (Å²) in [5.74, 6) is 3.21. The Morgan fingerprint density at radius 1 is 0.588 bits per heavy atom. The summed E-state index contributed by atoms with van der Waals surface area (Å²) < 4.78 is 13.0. The van der Waals surface area contributed by atoms with Gasteiger partial charge in [0.25, 0.3) is 0 Å². The van der Waals surface area contributed by atoms with E-state index in [1.165, 1.54) is 0 Å². The van der Waals surface area contributed by atoms with Crippen LogP contribution in [-0.4, -0.2) is 4.98 Å². The standard InChI is InChI=1S/C29H18NO2PS/c34-33-27-14-5-3-12-23(27)31-25-17-19(18-26(29(25)33)32-24-13-4-6-15-28(24)33)20-9-1-2-10-21(20)22-11-7-8-16-30-22/h1-18H. The molecule has 4 aromatic carbocycles. The summed E-state index contributed by atoms with van der Waals surface area (Å²) in [5, 5.41) is 3.16. The fourth-order valence-electron chi connectivity index (χ4n) is 4.90. The molecule has 0 bridgehead atoms. The minimum absolute atomic E-state index is 0.778. The topological polar surface area (TPSA) is 31.4 Å². The second-order valence-electron chi connectivity index (χ2n) is 8.33. The Kier molecular flexibility index (Phi) is 4.29. The van der Waals surface area contributed by atoms with Gasteiger partial charge < -0.3 is 9.47 Å². The summed E-state index contributed by atoms with van der Waals surface area (Å²) in [5.41, 5.74) is 4.06. The van der Waals surface area contributed by atoms with E-state index in [1.54, 1.807) is 0 Å². The third-order valence-electron chi connectivity index (χ3n) is 6.38. The van der Waals surface area contributed by atoms with Gasteiger partial charge in [-0.3, -0.25) is 4.98 Å². The molecule has 5 aromatic rings. The van der Waals surface area contributed by atoms with Gasteiger partial charge in [0, 0.05) is 22.4 Å². The van der Waals surface area contributed by atoms with E-state index in [1.807, 2.05) is 72.9 Å². The van der Waals surface area contributed by atoms with Gasteiger partial charge in [0.15, 0.2) is 0 Å². The number of aromatic nitrogens is 1. The number of hydrogen-bond donors (Lipinski definition) is 0. The van der Waals surface area contributed by atoms with Crippen molar-refractivity contribution in [3.63, 3.8) is 0 Å². The normalized spacial score (nSPS) is 14.1. The second kappa shape index (κ2) is 7.39. The number of fused-ring (bicyclic) bond motifs is 4. The van der Waals surface area contributed by atoms with Crippen LogP contribution in [0.1, 0.15) is 0 Å². The summed E-state index contributed by atoms with van der Waals surface area (Å²) >= 11 is 6.56. The highest BCUT2D eigenvalue weighted by Gasteiger charge is 2.42. The van der Waals surface area contributed by atoms with Crippen molar-refractivity contribution >= 4 is 33.8 Å². The van der Waals surface area contributed by atoms with Crippen LogP contribution in [-0.2, 0) is 11.8 Å². The van der Waals surface area contributed by atoms with Crippen molar-refractivity contribution in [2.75, 3.05) is 0 Å². The number of ether oxygens (including phenoxy) is 2. The van der Waals surface area contributed by atoms with Gasteiger partial charge in [0.2, 0.25) is 0 Å². The largest absolute Gasteiger partial charge is 0.456 e. The number of para-hydroxylation sites is 2. The lowest BCUT2D eigenvalue weighted by Gasteiger charge is -2.37. The van der Waals surface area contributed by atoms with Crippen molar-refractivity contribution in [2.45, 2.75) is 0 Å². The molecule has 0 fully saturated rings. The molecule has 0 saturated carbocycles. The van der Waals surface area contributed by atoms with E-state index in [2.05, 4.69) is 41.4 Å². The third-order valence-corrected chi connectivity index (χ3v) is 11.3. The van der Waals surface area contributed by atoms with Crippen molar-refractivity contribution in [2.24, 2.45) is 0 Å². The van der Waals surface area contributed by atoms with Crippen LogP contribution >= 0.6 is 6.04 Å². The maximum absolute atomic E-state index is 6.56. The van der Waals surface area contributed by atoms with Crippen molar-refractivity contribution in [3.8, 4) is 45.4 Å². The van der Waals surface area contributed by atoms with Gasteiger partial charge in [-0.25, -0.2) is 0 Å². The number of nitrogens with zero attached hydrogens (tertiary/aromatic N) is 1. The lowest BCUT2D eigenvalue weighted by Crippen LogP contribution is -2.34. The minimum Gasteiger partial charge on any atom is -0.456 e. The molecule has 7 rings (SSSR count). The molecular weight excluding hydrogens is 457 g/mol. The van der Waals surface area contributed by atoms with Crippen LogP contribution in [0.3, 0.4) is 0 Å². The van der Waals surface area contributed by atoms with Crippen molar-refractivity contribution < 1.29 is 9.47 Å². The molecule has 0 amide bonds. The predicted octanol–water partition coefficient (Wildman–Crippen LogP) is 6.38. The zero-order chi connectivity index (χ0) is 22.7. The zero-order valence-corrected chi connectivity index (χ0v) is 19.7. The second-order valence-corrected chi connectivity index (χ2v) is 12.6. The third kappa shape index (κ3) is 2.76. The van der Waals surface area contributed by atoms with Gasteiger partial charge >= 0.3 is 0 Å². The van der Waals surface area contributed by atoms with Crippen LogP contribution in [0.25, 0.3) is 22.4 Å². The highest BCUT2D eigenvalue weighted by atomic mass is 32.4. The first kappa shape index (κ1) is 19.7. The first-order valence-corrected chi connectivity index (χ1v) is 13.9. The molecule has 162 valence electrons. The van der Waals surface area contributed by atoms with Crippen LogP contribution < -0.4 is 25.4 Å². The Morgan fingerprint density at radius 2 is 1.15 bits per heavy atom. The van der Waals surface area contributed by atoms with Crippen molar-refractivity contribution in [3.05, 3.63) is 109 Å². The Balaban J connectivity index is 1.51. The lowest BCUT2D eigenvalue weighted by atomic mass is 9.97. The molecule has 3 heterocycles. The van der Waals surface area contributed by atoms with Crippen LogP contribution in [0.4, 0.5) is 0 Å². The molecule has 0 aliphatic carbocycles. The average molecular weight is 476 g/mol. The van der Waals surface area contributed by atoms with Crippen LogP contribution in [0.2, 0.25) is 0 Å². The quantitative estimate of drug-likeness (QED) is 0.272. The van der Waals surface area contributed by atoms with E-state index in [0.29, 0.717) is 0 Å². The molecule has 0 atom stereocenters. The molecular formula is C29H18NO2PS. The van der Waals surface area contributed by atoms with Crippen molar-refractivity contribution in [1.82, 2.24) is 4.98 Å². The lowest BCUT2D eigenvalue weighted by molar-refractivity contribution is 0.467. The number of hydrogen-bond acceptors (Lipinski definition) is 4. The Labute approximate surface area is 202 Å². The maximum Gasteiger partial charge on any atom is 0.140 e.